The number of hydrogen-bond donors (Lipinski definition) is 0. The van der Waals surface area contributed by atoms with Gasteiger partial charge in [-0.05, 0) is 23.8 Å². The Kier molecular flexibility index (Phi) is 7.08. The molecule has 182 valence electrons. The minimum atomic E-state index is -4.74. The summed E-state index contributed by atoms with van der Waals surface area (Å²) in [4.78, 5) is 14.9. The molecular weight excluding hydrogens is 465 g/mol. The Bertz CT molecular complexity index is 1060. The fourth-order valence-electron chi connectivity index (χ4n) is 4.39. The maximum absolute atomic E-state index is 13.3. The first-order valence-corrected chi connectivity index (χ1v) is 10.8. The Morgan fingerprint density at radius 3 is 2.57 bits per heavy atom. The lowest BCUT2D eigenvalue weighted by molar-refractivity contribution is -0.325. The Hall–Kier alpha value is -2.69. The fraction of sp³-hybridized carbons (Fsp3) is 0.435. The van der Waals surface area contributed by atoms with Gasteiger partial charge in [-0.25, -0.2) is 0 Å². The summed E-state index contributed by atoms with van der Waals surface area (Å²) in [6.45, 7) is -0.508. The highest BCUT2D eigenvalue weighted by atomic mass is 19.4. The molecular formula is C23H22B2F3NO6. The maximum atomic E-state index is 13.3. The number of nitrogens with zero attached hydrogens (tertiary/aromatic N) is 1. The molecule has 35 heavy (non-hydrogen) atoms. The molecule has 12 heteroatoms. The van der Waals surface area contributed by atoms with Crippen molar-refractivity contribution in [2.45, 2.75) is 30.1 Å². The molecule has 2 heterocycles. The van der Waals surface area contributed by atoms with E-state index in [0.29, 0.717) is 18.5 Å². The molecule has 2 aliphatic heterocycles. The summed E-state index contributed by atoms with van der Waals surface area (Å²) < 4.78 is 62.3. The van der Waals surface area contributed by atoms with Gasteiger partial charge in [0.1, 0.15) is 34.0 Å². The van der Waals surface area contributed by atoms with E-state index < -0.39 is 30.3 Å². The zero-order chi connectivity index (χ0) is 25.3. The van der Waals surface area contributed by atoms with Crippen LogP contribution in [-0.4, -0.2) is 78.0 Å². The van der Waals surface area contributed by atoms with Crippen LogP contribution in [0, 0.1) is 0 Å². The second kappa shape index (κ2) is 9.75. The number of methoxy groups -OCH3 is 1. The van der Waals surface area contributed by atoms with E-state index in [1.807, 2.05) is 30.3 Å². The van der Waals surface area contributed by atoms with Crippen molar-refractivity contribution in [1.29, 1.82) is 0 Å². The van der Waals surface area contributed by atoms with Crippen LogP contribution in [0.25, 0.3) is 0 Å². The molecule has 0 N–H and O–H groups in total. The molecule has 0 spiro atoms. The van der Waals surface area contributed by atoms with E-state index in [2.05, 4.69) is 4.74 Å². The summed E-state index contributed by atoms with van der Waals surface area (Å²) >= 11 is 0. The van der Waals surface area contributed by atoms with Crippen molar-refractivity contribution in [1.82, 2.24) is 4.90 Å². The van der Waals surface area contributed by atoms with E-state index in [9.17, 15) is 18.0 Å². The van der Waals surface area contributed by atoms with Crippen molar-refractivity contribution in [3.05, 3.63) is 59.7 Å². The topological polar surface area (TPSA) is 66.5 Å². The molecule has 2 aromatic rings. The number of piperidine rings is 1. The molecule has 1 amide bonds. The quantitative estimate of drug-likeness (QED) is 0.443. The Morgan fingerprint density at radius 1 is 1.14 bits per heavy atom. The fourth-order valence-corrected chi connectivity index (χ4v) is 4.39. The summed E-state index contributed by atoms with van der Waals surface area (Å²) in [5.74, 6) is 0.0779. The van der Waals surface area contributed by atoms with Crippen molar-refractivity contribution in [3.8, 4) is 11.5 Å². The number of amides is 1. The molecule has 2 saturated heterocycles. The number of rotatable bonds is 7. The lowest BCUT2D eigenvalue weighted by Gasteiger charge is -2.42. The molecule has 4 radical (unpaired) electrons. The predicted octanol–water partition coefficient (Wildman–Crippen LogP) is 2.72. The lowest BCUT2D eigenvalue weighted by Crippen LogP contribution is -2.53. The highest BCUT2D eigenvalue weighted by Gasteiger charge is 2.56. The van der Waals surface area contributed by atoms with Crippen molar-refractivity contribution in [3.63, 3.8) is 0 Å². The van der Waals surface area contributed by atoms with Crippen molar-refractivity contribution < 1.29 is 41.7 Å². The molecule has 0 aliphatic carbocycles. The van der Waals surface area contributed by atoms with Gasteiger partial charge in [0.15, 0.2) is 11.5 Å². The van der Waals surface area contributed by atoms with Gasteiger partial charge in [0.2, 0.25) is 0 Å². The van der Waals surface area contributed by atoms with E-state index >= 15 is 0 Å². The van der Waals surface area contributed by atoms with Crippen molar-refractivity contribution in [2.24, 2.45) is 0 Å². The molecule has 0 aromatic heterocycles. The van der Waals surface area contributed by atoms with Gasteiger partial charge in [-0.15, -0.1) is 13.2 Å². The van der Waals surface area contributed by atoms with Crippen LogP contribution in [0.4, 0.5) is 13.2 Å². The van der Waals surface area contributed by atoms with Crippen LogP contribution in [-0.2, 0) is 19.8 Å². The summed E-state index contributed by atoms with van der Waals surface area (Å²) in [5.41, 5.74) is -1.53. The monoisotopic (exact) mass is 487 g/mol. The normalized spacial score (nSPS) is 23.5. The number of carbonyl (C=O) groups is 1. The summed E-state index contributed by atoms with van der Waals surface area (Å²) in [5, 5.41) is 0. The molecule has 2 aliphatic rings. The Balaban J connectivity index is 1.46. The van der Waals surface area contributed by atoms with E-state index in [1.54, 1.807) is 4.90 Å². The molecule has 0 bridgehead atoms. The minimum Gasteiger partial charge on any atom is -0.493 e. The number of likely N-dealkylation sites (tertiary alicyclic amines) is 1. The molecule has 2 atom stereocenters. The smallest absolute Gasteiger partial charge is 0.493 e. The average Bonchev–Trinajstić information content (AvgIpc) is 3.11. The number of benzene rings is 2. The van der Waals surface area contributed by atoms with E-state index in [1.165, 1.54) is 25.3 Å². The minimum absolute atomic E-state index is 0.180. The van der Waals surface area contributed by atoms with Crippen molar-refractivity contribution in [2.75, 3.05) is 33.4 Å². The molecule has 2 unspecified atom stereocenters. The molecule has 4 rings (SSSR count). The molecule has 2 fully saturated rings. The number of carbonyl (C=O) groups excluding carboxylic acids is 1. The van der Waals surface area contributed by atoms with Gasteiger partial charge >= 0.3 is 6.36 Å². The summed E-state index contributed by atoms with van der Waals surface area (Å²) in [6, 6.07) is 13.9. The van der Waals surface area contributed by atoms with Gasteiger partial charge in [0, 0.05) is 18.5 Å². The number of hydrogen-bond acceptors (Lipinski definition) is 6. The van der Waals surface area contributed by atoms with Crippen LogP contribution in [0.2, 0.25) is 0 Å². The zero-order valence-electron chi connectivity index (χ0n) is 18.9. The third-order valence-corrected chi connectivity index (χ3v) is 5.89. The van der Waals surface area contributed by atoms with Gasteiger partial charge in [0.05, 0.1) is 25.8 Å². The number of alkyl halides is 3. The van der Waals surface area contributed by atoms with Gasteiger partial charge < -0.3 is 23.8 Å². The standard InChI is InChI=1S/C23H22B2F3NO6/c1-31-18-13-15(7-8-17(18)32-11-12-33-23(26,27)28)20(30)29-10-9-21(16-5-3-2-4-6-16)19(14-29)34-22(24,25)35-21/h2-8,13,19H,9-12,14H2,1H3. The number of fused-ring (bicyclic) bond motifs is 1. The second-order valence-electron chi connectivity index (χ2n) is 8.19. The third kappa shape index (κ3) is 5.60. The van der Waals surface area contributed by atoms with Gasteiger partial charge in [-0.2, -0.15) is 0 Å². The second-order valence-corrected chi connectivity index (χ2v) is 8.19. The first kappa shape index (κ1) is 25.4. The molecule has 7 nitrogen and oxygen atoms in total. The van der Waals surface area contributed by atoms with E-state index in [-0.39, 0.29) is 30.6 Å². The lowest BCUT2D eigenvalue weighted by atomic mass is 9.76. The van der Waals surface area contributed by atoms with Crippen LogP contribution in [0.5, 0.6) is 11.5 Å². The number of ether oxygens (including phenoxy) is 5. The Morgan fingerprint density at radius 2 is 1.89 bits per heavy atom. The largest absolute Gasteiger partial charge is 0.522 e. The first-order valence-electron chi connectivity index (χ1n) is 10.8. The maximum Gasteiger partial charge on any atom is 0.522 e. The molecule has 2 aromatic carbocycles. The van der Waals surface area contributed by atoms with Crippen LogP contribution >= 0.6 is 0 Å². The van der Waals surface area contributed by atoms with Gasteiger partial charge in [-0.3, -0.25) is 9.53 Å². The van der Waals surface area contributed by atoms with Crippen LogP contribution in [0.3, 0.4) is 0 Å². The third-order valence-electron chi connectivity index (χ3n) is 5.89. The Labute approximate surface area is 203 Å². The van der Waals surface area contributed by atoms with E-state index in [0.717, 1.165) is 5.56 Å². The summed E-state index contributed by atoms with van der Waals surface area (Å²) in [6.07, 6.45) is -4.94. The first-order chi connectivity index (χ1) is 16.5. The average molecular weight is 487 g/mol. The highest BCUT2D eigenvalue weighted by Crippen LogP contribution is 2.47. The van der Waals surface area contributed by atoms with Crippen LogP contribution in [0.15, 0.2) is 48.5 Å². The van der Waals surface area contributed by atoms with E-state index in [4.69, 9.17) is 34.6 Å². The zero-order valence-corrected chi connectivity index (χ0v) is 18.9. The summed E-state index contributed by atoms with van der Waals surface area (Å²) in [7, 11) is 13.3. The molecule has 0 saturated carbocycles. The van der Waals surface area contributed by atoms with Crippen molar-refractivity contribution >= 4 is 21.6 Å². The number of halogens is 3. The predicted molar refractivity (Wildman–Crippen MR) is 119 cm³/mol. The van der Waals surface area contributed by atoms with Gasteiger partial charge in [0.25, 0.3) is 5.91 Å². The highest BCUT2D eigenvalue weighted by molar-refractivity contribution is 6.38. The van der Waals surface area contributed by atoms with Crippen LogP contribution in [0.1, 0.15) is 22.3 Å². The SMILES string of the molecule is [B]C1([B])OC2CN(C(=O)c3ccc(OCCOC(F)(F)F)c(OC)c3)CCC2(c2ccccc2)O1. The van der Waals surface area contributed by atoms with Gasteiger partial charge in [-0.1, -0.05) is 30.3 Å². The van der Waals surface area contributed by atoms with Crippen LogP contribution < -0.4 is 9.47 Å².